The molecular formula is C15H20Br2N2O2. The quantitative estimate of drug-likeness (QED) is 0.354. The van der Waals surface area contributed by atoms with Crippen LogP contribution >= 0.6 is 31.9 Å². The third-order valence-corrected chi connectivity index (χ3v) is 4.03. The molecule has 0 aliphatic heterocycles. The second-order valence-electron chi connectivity index (χ2n) is 4.74. The SMILES string of the molecule is CCCCCCC/C=N\NC(=O)c1cc(Br)cc(Br)c1O. The van der Waals surface area contributed by atoms with Gasteiger partial charge in [-0.1, -0.05) is 48.5 Å². The molecule has 1 rings (SSSR count). The van der Waals surface area contributed by atoms with Crippen LogP contribution in [0.15, 0.2) is 26.2 Å². The Hall–Kier alpha value is -0.880. The highest BCUT2D eigenvalue weighted by atomic mass is 79.9. The summed E-state index contributed by atoms with van der Waals surface area (Å²) < 4.78 is 1.17. The first-order valence-electron chi connectivity index (χ1n) is 7.06. The molecule has 1 aromatic carbocycles. The molecule has 0 aliphatic rings. The van der Waals surface area contributed by atoms with Gasteiger partial charge in [-0.2, -0.15) is 5.10 Å². The largest absolute Gasteiger partial charge is 0.506 e. The number of phenols is 1. The molecular weight excluding hydrogens is 400 g/mol. The molecule has 0 fully saturated rings. The van der Waals surface area contributed by atoms with Crippen LogP contribution in [0.4, 0.5) is 0 Å². The van der Waals surface area contributed by atoms with Crippen LogP contribution in [0.2, 0.25) is 0 Å². The number of halogens is 2. The highest BCUT2D eigenvalue weighted by molar-refractivity contribution is 9.11. The average Bonchev–Trinajstić information content (AvgIpc) is 2.45. The van der Waals surface area contributed by atoms with Gasteiger partial charge in [-0.15, -0.1) is 0 Å². The van der Waals surface area contributed by atoms with Crippen molar-refractivity contribution in [1.29, 1.82) is 0 Å². The van der Waals surface area contributed by atoms with E-state index in [1.807, 2.05) is 0 Å². The molecule has 0 atom stereocenters. The molecule has 0 bridgehead atoms. The number of nitrogens with one attached hydrogen (secondary N) is 1. The summed E-state index contributed by atoms with van der Waals surface area (Å²) in [4.78, 5) is 11.9. The van der Waals surface area contributed by atoms with Crippen molar-refractivity contribution in [3.05, 3.63) is 26.6 Å². The number of aromatic hydroxyl groups is 1. The van der Waals surface area contributed by atoms with Gasteiger partial charge in [-0.25, -0.2) is 5.43 Å². The predicted octanol–water partition coefficient (Wildman–Crippen LogP) is 4.99. The minimum Gasteiger partial charge on any atom is -0.506 e. The van der Waals surface area contributed by atoms with Crippen LogP contribution in [0.3, 0.4) is 0 Å². The van der Waals surface area contributed by atoms with Crippen LogP contribution in [0, 0.1) is 0 Å². The highest BCUT2D eigenvalue weighted by Crippen LogP contribution is 2.31. The number of carbonyl (C=O) groups excluding carboxylic acids is 1. The molecule has 0 radical (unpaired) electrons. The zero-order valence-corrected chi connectivity index (χ0v) is 15.2. The Morgan fingerprint density at radius 2 is 2.00 bits per heavy atom. The maximum Gasteiger partial charge on any atom is 0.275 e. The molecule has 0 spiro atoms. The third-order valence-electron chi connectivity index (χ3n) is 2.97. The molecule has 116 valence electrons. The topological polar surface area (TPSA) is 61.7 Å². The summed E-state index contributed by atoms with van der Waals surface area (Å²) in [6.45, 7) is 2.19. The first-order chi connectivity index (χ1) is 10.1. The van der Waals surface area contributed by atoms with Crippen LogP contribution < -0.4 is 5.43 Å². The van der Waals surface area contributed by atoms with Gasteiger partial charge < -0.3 is 5.11 Å². The Balaban J connectivity index is 2.40. The number of unbranched alkanes of at least 4 members (excludes halogenated alkanes) is 5. The van der Waals surface area contributed by atoms with Gasteiger partial charge >= 0.3 is 0 Å². The van der Waals surface area contributed by atoms with E-state index in [-0.39, 0.29) is 11.3 Å². The number of nitrogens with zero attached hydrogens (tertiary/aromatic N) is 1. The summed E-state index contributed by atoms with van der Waals surface area (Å²) in [5, 5.41) is 13.7. The van der Waals surface area contributed by atoms with E-state index in [9.17, 15) is 9.90 Å². The van der Waals surface area contributed by atoms with Gasteiger partial charge in [0, 0.05) is 10.7 Å². The van der Waals surface area contributed by atoms with E-state index >= 15 is 0 Å². The van der Waals surface area contributed by atoms with E-state index in [0.29, 0.717) is 8.95 Å². The first kappa shape index (κ1) is 18.2. The van der Waals surface area contributed by atoms with Crippen molar-refractivity contribution < 1.29 is 9.90 Å². The van der Waals surface area contributed by atoms with Crippen molar-refractivity contribution in [3.63, 3.8) is 0 Å². The number of rotatable bonds is 8. The standard InChI is InChI=1S/C15H20Br2N2O2/c1-2-3-4-5-6-7-8-18-19-15(21)12-9-11(16)10-13(17)14(12)20/h8-10,20H,2-7H2,1H3,(H,19,21)/b18-8-. The Labute approximate surface area is 142 Å². The minimum absolute atomic E-state index is 0.0922. The van der Waals surface area contributed by atoms with Crippen LogP contribution in [-0.2, 0) is 0 Å². The van der Waals surface area contributed by atoms with Crippen molar-refractivity contribution in [3.8, 4) is 5.75 Å². The number of phenolic OH excluding ortho intramolecular Hbond substituents is 1. The van der Waals surface area contributed by atoms with Crippen molar-refractivity contribution in [2.24, 2.45) is 5.10 Å². The third kappa shape index (κ3) is 6.61. The number of hydrogen-bond acceptors (Lipinski definition) is 3. The average molecular weight is 420 g/mol. The zero-order valence-electron chi connectivity index (χ0n) is 12.0. The number of hydrogen-bond donors (Lipinski definition) is 2. The Morgan fingerprint density at radius 1 is 1.29 bits per heavy atom. The fraction of sp³-hybridized carbons (Fsp3) is 0.467. The molecule has 0 unspecified atom stereocenters. The van der Waals surface area contributed by atoms with Crippen LogP contribution in [-0.4, -0.2) is 17.2 Å². The number of carbonyl (C=O) groups is 1. The molecule has 21 heavy (non-hydrogen) atoms. The van der Waals surface area contributed by atoms with Crippen molar-refractivity contribution in [2.45, 2.75) is 45.4 Å². The zero-order chi connectivity index (χ0) is 15.7. The van der Waals surface area contributed by atoms with E-state index in [2.05, 4.69) is 49.3 Å². The summed E-state index contributed by atoms with van der Waals surface area (Å²) in [7, 11) is 0. The van der Waals surface area contributed by atoms with E-state index in [1.54, 1.807) is 18.3 Å². The lowest BCUT2D eigenvalue weighted by Gasteiger charge is -2.05. The number of hydrazone groups is 1. The maximum absolute atomic E-state index is 11.9. The summed E-state index contributed by atoms with van der Waals surface area (Å²) in [6, 6.07) is 3.22. The Kier molecular flexibility index (Phi) is 8.61. The molecule has 0 heterocycles. The van der Waals surface area contributed by atoms with Crippen LogP contribution in [0.1, 0.15) is 55.8 Å². The molecule has 1 aromatic rings. The van der Waals surface area contributed by atoms with Crippen molar-refractivity contribution >= 4 is 44.0 Å². The van der Waals surface area contributed by atoms with Gasteiger partial charge in [0.05, 0.1) is 10.0 Å². The number of benzene rings is 1. The molecule has 2 N–H and O–H groups in total. The van der Waals surface area contributed by atoms with E-state index in [0.717, 1.165) is 12.8 Å². The molecule has 0 saturated heterocycles. The van der Waals surface area contributed by atoms with Crippen LogP contribution in [0.5, 0.6) is 5.75 Å². The highest BCUT2D eigenvalue weighted by Gasteiger charge is 2.14. The minimum atomic E-state index is -0.434. The lowest BCUT2D eigenvalue weighted by molar-refractivity contribution is 0.0952. The second-order valence-corrected chi connectivity index (χ2v) is 6.51. The smallest absolute Gasteiger partial charge is 0.275 e. The van der Waals surface area contributed by atoms with Crippen molar-refractivity contribution in [1.82, 2.24) is 5.43 Å². The van der Waals surface area contributed by atoms with Gasteiger partial charge in [0.2, 0.25) is 0 Å². The van der Waals surface area contributed by atoms with Gasteiger partial charge in [0.1, 0.15) is 5.75 Å². The van der Waals surface area contributed by atoms with E-state index in [4.69, 9.17) is 0 Å². The van der Waals surface area contributed by atoms with Gasteiger partial charge in [0.25, 0.3) is 5.91 Å². The molecule has 4 nitrogen and oxygen atoms in total. The van der Waals surface area contributed by atoms with E-state index in [1.165, 1.54) is 25.7 Å². The molecule has 0 aromatic heterocycles. The van der Waals surface area contributed by atoms with Gasteiger partial charge in [-0.05, 0) is 40.9 Å². The van der Waals surface area contributed by atoms with Crippen LogP contribution in [0.25, 0.3) is 0 Å². The van der Waals surface area contributed by atoms with Gasteiger partial charge in [0.15, 0.2) is 0 Å². The Bertz CT molecular complexity index is 505. The lowest BCUT2D eigenvalue weighted by Crippen LogP contribution is -2.17. The normalized spacial score (nSPS) is 11.0. The number of amides is 1. The molecule has 0 saturated carbocycles. The molecule has 6 heteroatoms. The Morgan fingerprint density at radius 3 is 2.71 bits per heavy atom. The van der Waals surface area contributed by atoms with Gasteiger partial charge in [-0.3, -0.25) is 4.79 Å². The summed E-state index contributed by atoms with van der Waals surface area (Å²) in [6.07, 6.45) is 8.56. The monoisotopic (exact) mass is 418 g/mol. The second kappa shape index (κ2) is 9.95. The summed E-state index contributed by atoms with van der Waals surface area (Å²) in [5.41, 5.74) is 2.60. The summed E-state index contributed by atoms with van der Waals surface area (Å²) >= 11 is 6.47. The maximum atomic E-state index is 11.9. The first-order valence-corrected chi connectivity index (χ1v) is 8.64. The van der Waals surface area contributed by atoms with Crippen molar-refractivity contribution in [2.75, 3.05) is 0 Å². The fourth-order valence-electron chi connectivity index (χ4n) is 1.81. The predicted molar refractivity (Wildman–Crippen MR) is 92.8 cm³/mol. The molecule has 1 amide bonds. The fourth-order valence-corrected chi connectivity index (χ4v) is 3.03. The summed E-state index contributed by atoms with van der Waals surface area (Å²) in [5.74, 6) is -0.526. The molecule has 0 aliphatic carbocycles. The lowest BCUT2D eigenvalue weighted by atomic mass is 10.1. The van der Waals surface area contributed by atoms with E-state index < -0.39 is 5.91 Å².